The van der Waals surface area contributed by atoms with Crippen LogP contribution < -0.4 is 4.90 Å². The Morgan fingerprint density at radius 2 is 2.00 bits per heavy atom. The summed E-state index contributed by atoms with van der Waals surface area (Å²) in [6, 6.07) is 7.29. The third kappa shape index (κ3) is 2.60. The van der Waals surface area contributed by atoms with Gasteiger partial charge in [-0.2, -0.15) is 0 Å². The second-order valence-electron chi connectivity index (χ2n) is 4.66. The molecule has 17 heavy (non-hydrogen) atoms. The van der Waals surface area contributed by atoms with Gasteiger partial charge in [0.1, 0.15) is 0 Å². The normalized spacial score (nSPS) is 17.1. The van der Waals surface area contributed by atoms with E-state index in [1.807, 2.05) is 12.1 Å². The van der Waals surface area contributed by atoms with Crippen molar-refractivity contribution in [2.24, 2.45) is 5.92 Å². The highest BCUT2D eigenvalue weighted by molar-refractivity contribution is 5.94. The van der Waals surface area contributed by atoms with Gasteiger partial charge in [0.25, 0.3) is 0 Å². The molecule has 1 fully saturated rings. The summed E-state index contributed by atoms with van der Waals surface area (Å²) in [5.74, 6) is -0.0264. The molecule has 0 bridgehead atoms. The molecule has 0 amide bonds. The first-order valence-electron chi connectivity index (χ1n) is 6.29. The van der Waals surface area contributed by atoms with Crippen LogP contribution >= 0.6 is 0 Å². The van der Waals surface area contributed by atoms with E-state index < -0.39 is 5.97 Å². The van der Waals surface area contributed by atoms with Crippen molar-refractivity contribution >= 4 is 11.7 Å². The third-order valence-corrected chi connectivity index (χ3v) is 3.67. The van der Waals surface area contributed by atoms with E-state index in [4.69, 9.17) is 5.11 Å². The van der Waals surface area contributed by atoms with Crippen LogP contribution in [0.25, 0.3) is 0 Å². The lowest BCUT2D eigenvalue weighted by molar-refractivity contribution is 0.0697. The van der Waals surface area contributed by atoms with Crippen LogP contribution in [0.3, 0.4) is 0 Å². The first kappa shape index (κ1) is 12.0. The number of benzene rings is 1. The number of carboxylic acids is 1. The molecule has 0 atom stereocenters. The molecule has 1 saturated heterocycles. The maximum atomic E-state index is 11.2. The standard InChI is InChI=1S/C14H19NO2/c1-2-11-7-9-15(10-8-11)13-6-4-3-5-12(13)14(16)17/h3-6,11H,2,7-10H2,1H3,(H,16,17). The first-order valence-corrected chi connectivity index (χ1v) is 6.29. The smallest absolute Gasteiger partial charge is 0.337 e. The SMILES string of the molecule is CCC1CCN(c2ccccc2C(=O)O)CC1. The Hall–Kier alpha value is -1.51. The zero-order chi connectivity index (χ0) is 12.3. The van der Waals surface area contributed by atoms with E-state index in [-0.39, 0.29) is 0 Å². The molecule has 3 nitrogen and oxygen atoms in total. The van der Waals surface area contributed by atoms with Gasteiger partial charge in [0.2, 0.25) is 0 Å². The van der Waals surface area contributed by atoms with Gasteiger partial charge in [0, 0.05) is 13.1 Å². The maximum Gasteiger partial charge on any atom is 0.337 e. The van der Waals surface area contributed by atoms with Gasteiger partial charge in [-0.3, -0.25) is 0 Å². The van der Waals surface area contributed by atoms with Crippen molar-refractivity contribution in [2.75, 3.05) is 18.0 Å². The molecular weight excluding hydrogens is 214 g/mol. The van der Waals surface area contributed by atoms with Gasteiger partial charge >= 0.3 is 5.97 Å². The Balaban J connectivity index is 2.15. The molecule has 1 aromatic carbocycles. The van der Waals surface area contributed by atoms with Crippen molar-refractivity contribution in [3.63, 3.8) is 0 Å². The number of anilines is 1. The molecule has 0 aliphatic carbocycles. The fourth-order valence-electron chi connectivity index (χ4n) is 2.51. The number of rotatable bonds is 3. The monoisotopic (exact) mass is 233 g/mol. The highest BCUT2D eigenvalue weighted by Gasteiger charge is 2.21. The summed E-state index contributed by atoms with van der Waals surface area (Å²) in [6.07, 6.45) is 3.57. The Morgan fingerprint density at radius 1 is 1.35 bits per heavy atom. The fourth-order valence-corrected chi connectivity index (χ4v) is 2.51. The van der Waals surface area contributed by atoms with E-state index in [0.29, 0.717) is 5.56 Å². The zero-order valence-corrected chi connectivity index (χ0v) is 10.2. The Kier molecular flexibility index (Phi) is 3.67. The second kappa shape index (κ2) is 5.21. The van der Waals surface area contributed by atoms with Gasteiger partial charge in [-0.15, -0.1) is 0 Å². The summed E-state index contributed by atoms with van der Waals surface area (Å²) >= 11 is 0. The van der Waals surface area contributed by atoms with Crippen LogP contribution in [-0.4, -0.2) is 24.2 Å². The van der Waals surface area contributed by atoms with Crippen molar-refractivity contribution in [2.45, 2.75) is 26.2 Å². The maximum absolute atomic E-state index is 11.2. The van der Waals surface area contributed by atoms with Crippen LogP contribution in [0.5, 0.6) is 0 Å². The largest absolute Gasteiger partial charge is 0.478 e. The molecule has 0 spiro atoms. The molecule has 1 N–H and O–H groups in total. The Morgan fingerprint density at radius 3 is 2.59 bits per heavy atom. The van der Waals surface area contributed by atoms with E-state index in [1.54, 1.807) is 12.1 Å². The summed E-state index contributed by atoms with van der Waals surface area (Å²) in [7, 11) is 0. The van der Waals surface area contributed by atoms with Gasteiger partial charge in [0.15, 0.2) is 0 Å². The second-order valence-corrected chi connectivity index (χ2v) is 4.66. The van der Waals surface area contributed by atoms with Gasteiger partial charge < -0.3 is 10.0 Å². The van der Waals surface area contributed by atoms with Crippen molar-refractivity contribution in [3.05, 3.63) is 29.8 Å². The molecule has 0 aromatic heterocycles. The average Bonchev–Trinajstić information content (AvgIpc) is 2.39. The van der Waals surface area contributed by atoms with Gasteiger partial charge in [-0.25, -0.2) is 4.79 Å². The van der Waals surface area contributed by atoms with Crippen LogP contribution in [0.1, 0.15) is 36.5 Å². The van der Waals surface area contributed by atoms with E-state index in [1.165, 1.54) is 19.3 Å². The van der Waals surface area contributed by atoms with Crippen molar-refractivity contribution < 1.29 is 9.90 Å². The molecule has 1 heterocycles. The van der Waals surface area contributed by atoms with E-state index in [9.17, 15) is 4.79 Å². The van der Waals surface area contributed by atoms with Crippen LogP contribution in [-0.2, 0) is 0 Å². The highest BCUT2D eigenvalue weighted by atomic mass is 16.4. The predicted octanol–water partition coefficient (Wildman–Crippen LogP) is 3.01. The third-order valence-electron chi connectivity index (χ3n) is 3.67. The van der Waals surface area contributed by atoms with Gasteiger partial charge in [0.05, 0.1) is 11.3 Å². The minimum Gasteiger partial charge on any atom is -0.478 e. The van der Waals surface area contributed by atoms with Crippen molar-refractivity contribution in [3.8, 4) is 0 Å². The van der Waals surface area contributed by atoms with E-state index >= 15 is 0 Å². The lowest BCUT2D eigenvalue weighted by Gasteiger charge is -2.33. The fraction of sp³-hybridized carbons (Fsp3) is 0.500. The summed E-state index contributed by atoms with van der Waals surface area (Å²) < 4.78 is 0. The molecule has 0 saturated carbocycles. The number of hydrogen-bond acceptors (Lipinski definition) is 2. The number of aromatic carboxylic acids is 1. The topological polar surface area (TPSA) is 40.5 Å². The lowest BCUT2D eigenvalue weighted by atomic mass is 9.94. The van der Waals surface area contributed by atoms with Gasteiger partial charge in [-0.05, 0) is 30.9 Å². The molecule has 1 aliphatic rings. The number of hydrogen-bond donors (Lipinski definition) is 1. The van der Waals surface area contributed by atoms with Crippen LogP contribution in [0, 0.1) is 5.92 Å². The molecule has 3 heteroatoms. The van der Waals surface area contributed by atoms with Crippen LogP contribution in [0.4, 0.5) is 5.69 Å². The predicted molar refractivity (Wildman–Crippen MR) is 68.6 cm³/mol. The molecule has 1 aromatic rings. The van der Waals surface area contributed by atoms with Crippen LogP contribution in [0.2, 0.25) is 0 Å². The van der Waals surface area contributed by atoms with Crippen molar-refractivity contribution in [1.82, 2.24) is 0 Å². The molecule has 0 radical (unpaired) electrons. The summed E-state index contributed by atoms with van der Waals surface area (Å²) in [5, 5.41) is 9.17. The number of piperidine rings is 1. The number of nitrogens with zero attached hydrogens (tertiary/aromatic N) is 1. The quantitative estimate of drug-likeness (QED) is 0.872. The van der Waals surface area contributed by atoms with Gasteiger partial charge in [-0.1, -0.05) is 25.5 Å². The number of para-hydroxylation sites is 1. The summed E-state index contributed by atoms with van der Waals surface area (Å²) in [4.78, 5) is 13.4. The minimum atomic E-state index is -0.835. The molecule has 2 rings (SSSR count). The molecule has 1 aliphatic heterocycles. The summed E-state index contributed by atoms with van der Waals surface area (Å²) in [5.41, 5.74) is 1.29. The summed E-state index contributed by atoms with van der Waals surface area (Å²) in [6.45, 7) is 4.18. The number of carbonyl (C=O) groups is 1. The lowest BCUT2D eigenvalue weighted by Crippen LogP contribution is -2.34. The molecule has 0 unspecified atom stereocenters. The average molecular weight is 233 g/mol. The molecule has 92 valence electrons. The van der Waals surface area contributed by atoms with Crippen molar-refractivity contribution in [1.29, 1.82) is 0 Å². The first-order chi connectivity index (χ1) is 8.22. The minimum absolute atomic E-state index is 0.419. The van der Waals surface area contributed by atoms with E-state index in [0.717, 1.165) is 24.7 Å². The Labute approximate surface area is 102 Å². The van der Waals surface area contributed by atoms with Crippen LogP contribution in [0.15, 0.2) is 24.3 Å². The Bertz CT molecular complexity index is 395. The number of carboxylic acid groups (broad SMARTS) is 1. The van der Waals surface area contributed by atoms with E-state index in [2.05, 4.69) is 11.8 Å². The molecular formula is C14H19NO2. The zero-order valence-electron chi connectivity index (χ0n) is 10.2. The highest BCUT2D eigenvalue weighted by Crippen LogP contribution is 2.27.